The Morgan fingerprint density at radius 2 is 2.00 bits per heavy atom. The van der Waals surface area contributed by atoms with Gasteiger partial charge in [0.2, 0.25) is 0 Å². The predicted octanol–water partition coefficient (Wildman–Crippen LogP) is 5.49. The number of alkyl halides is 2. The van der Waals surface area contributed by atoms with E-state index in [0.29, 0.717) is 21.5 Å². The topological polar surface area (TPSA) is 27.1 Å². The van der Waals surface area contributed by atoms with Crippen LogP contribution in [0.5, 0.6) is 5.75 Å². The van der Waals surface area contributed by atoms with E-state index in [2.05, 4.69) is 32.4 Å². The lowest BCUT2D eigenvalue weighted by atomic mass is 10.00. The third kappa shape index (κ3) is 2.16. The molecule has 1 aliphatic carbocycles. The molecule has 0 spiro atoms. The van der Waals surface area contributed by atoms with Gasteiger partial charge >= 0.3 is 6.61 Å². The van der Waals surface area contributed by atoms with Crippen molar-refractivity contribution in [2.45, 2.75) is 25.5 Å². The van der Waals surface area contributed by atoms with Crippen LogP contribution in [-0.2, 0) is 0 Å². The molecule has 0 amide bonds. The largest absolute Gasteiger partial charge is 0.434 e. The van der Waals surface area contributed by atoms with Gasteiger partial charge in [-0.1, -0.05) is 25.1 Å². The molecular formula is C19H14BrF3N2O. The molecule has 5 rings (SSSR count). The molecule has 26 heavy (non-hydrogen) atoms. The summed E-state index contributed by atoms with van der Waals surface area (Å²) in [6.45, 7) is -0.745. The first kappa shape index (κ1) is 16.2. The minimum Gasteiger partial charge on any atom is -0.434 e. The lowest BCUT2D eigenvalue weighted by molar-refractivity contribution is -0.0507. The Kier molecular flexibility index (Phi) is 3.41. The predicted molar refractivity (Wildman–Crippen MR) is 94.0 cm³/mol. The first-order chi connectivity index (χ1) is 12.5. The second kappa shape index (κ2) is 5.49. The number of aromatic nitrogens is 2. The van der Waals surface area contributed by atoms with Gasteiger partial charge < -0.3 is 9.30 Å². The molecule has 1 aromatic heterocycles. The van der Waals surface area contributed by atoms with Crippen molar-refractivity contribution in [3.05, 3.63) is 58.1 Å². The molecule has 2 aliphatic rings. The van der Waals surface area contributed by atoms with Crippen LogP contribution in [0.15, 0.2) is 40.9 Å². The molecule has 2 unspecified atom stereocenters. The number of fused-ring (bicyclic) bond motifs is 5. The van der Waals surface area contributed by atoms with E-state index in [4.69, 9.17) is 4.74 Å². The molecule has 0 radical (unpaired) electrons. The second-order valence-electron chi connectivity index (χ2n) is 6.92. The molecule has 0 N–H and O–H groups in total. The number of ether oxygens (including phenoxy) is 1. The third-order valence-corrected chi connectivity index (χ3v) is 6.21. The molecule has 7 heteroatoms. The summed E-state index contributed by atoms with van der Waals surface area (Å²) in [7, 11) is 0. The van der Waals surface area contributed by atoms with Crippen molar-refractivity contribution in [3.8, 4) is 5.75 Å². The lowest BCUT2D eigenvalue weighted by Crippen LogP contribution is -2.15. The van der Waals surface area contributed by atoms with Crippen molar-refractivity contribution in [3.63, 3.8) is 0 Å². The summed E-state index contributed by atoms with van der Waals surface area (Å²) in [6, 6.07) is 9.86. The molecule has 4 atom stereocenters. The first-order valence-corrected chi connectivity index (χ1v) is 9.17. The minimum atomic E-state index is -2.88. The average molecular weight is 423 g/mol. The molecule has 134 valence electrons. The third-order valence-electron chi connectivity index (χ3n) is 5.60. The van der Waals surface area contributed by atoms with E-state index in [-0.39, 0.29) is 29.4 Å². The SMILES string of the molecule is C[C@@H]1C2c3nc4cc(F)c(Br)cc4n3[C@@H](c3ccccc3OC(F)F)C21. The van der Waals surface area contributed by atoms with Crippen LogP contribution in [-0.4, -0.2) is 16.2 Å². The average Bonchev–Trinajstić information content (AvgIpc) is 2.95. The van der Waals surface area contributed by atoms with Crippen molar-refractivity contribution >= 4 is 27.0 Å². The molecule has 1 fully saturated rings. The summed E-state index contributed by atoms with van der Waals surface area (Å²) in [5.41, 5.74) is 2.09. The van der Waals surface area contributed by atoms with Crippen molar-refractivity contribution in [1.29, 1.82) is 0 Å². The van der Waals surface area contributed by atoms with Gasteiger partial charge in [0.25, 0.3) is 0 Å². The van der Waals surface area contributed by atoms with Gasteiger partial charge in [0.1, 0.15) is 17.4 Å². The molecule has 3 aromatic rings. The van der Waals surface area contributed by atoms with Crippen LogP contribution in [0.1, 0.15) is 30.3 Å². The second-order valence-corrected chi connectivity index (χ2v) is 7.77. The number of imidazole rings is 1. The van der Waals surface area contributed by atoms with Gasteiger partial charge in [-0.15, -0.1) is 0 Å². The summed E-state index contributed by atoms with van der Waals surface area (Å²) in [5.74, 6) is 1.65. The highest BCUT2D eigenvalue weighted by Gasteiger charge is 2.61. The van der Waals surface area contributed by atoms with Crippen LogP contribution in [0.2, 0.25) is 0 Å². The highest BCUT2D eigenvalue weighted by Crippen LogP contribution is 2.66. The number of benzene rings is 2. The highest BCUT2D eigenvalue weighted by atomic mass is 79.9. The van der Waals surface area contributed by atoms with Gasteiger partial charge in [0, 0.05) is 17.5 Å². The number of rotatable bonds is 3. The van der Waals surface area contributed by atoms with Crippen molar-refractivity contribution < 1.29 is 17.9 Å². The van der Waals surface area contributed by atoms with E-state index in [1.54, 1.807) is 18.2 Å². The minimum absolute atomic E-state index is 0.151. The molecule has 0 saturated heterocycles. The summed E-state index contributed by atoms with van der Waals surface area (Å²) in [6.07, 6.45) is 0. The lowest BCUT2D eigenvalue weighted by Gasteiger charge is -2.22. The molecular weight excluding hydrogens is 409 g/mol. The van der Waals surface area contributed by atoms with Crippen LogP contribution < -0.4 is 4.74 Å². The molecule has 2 heterocycles. The molecule has 2 aromatic carbocycles. The Labute approximate surface area is 155 Å². The first-order valence-electron chi connectivity index (χ1n) is 8.38. The highest BCUT2D eigenvalue weighted by molar-refractivity contribution is 9.10. The quantitative estimate of drug-likeness (QED) is 0.557. The summed E-state index contributed by atoms with van der Waals surface area (Å²) < 4.78 is 46.8. The van der Waals surface area contributed by atoms with Crippen LogP contribution in [0.25, 0.3) is 11.0 Å². The van der Waals surface area contributed by atoms with Crippen LogP contribution in [0, 0.1) is 17.7 Å². The summed E-state index contributed by atoms with van der Waals surface area (Å²) >= 11 is 3.23. The Morgan fingerprint density at radius 1 is 1.23 bits per heavy atom. The Balaban J connectivity index is 1.72. The Morgan fingerprint density at radius 3 is 2.77 bits per heavy atom. The van der Waals surface area contributed by atoms with Gasteiger partial charge in [-0.2, -0.15) is 8.78 Å². The van der Waals surface area contributed by atoms with E-state index < -0.39 is 6.61 Å². The van der Waals surface area contributed by atoms with Gasteiger partial charge in [-0.05, 0) is 39.9 Å². The zero-order chi connectivity index (χ0) is 18.2. The van der Waals surface area contributed by atoms with E-state index >= 15 is 0 Å². The molecule has 0 bridgehead atoms. The van der Waals surface area contributed by atoms with Gasteiger partial charge in [-0.25, -0.2) is 9.37 Å². The number of hydrogen-bond donors (Lipinski definition) is 0. The van der Waals surface area contributed by atoms with Crippen LogP contribution in [0.3, 0.4) is 0 Å². The fourth-order valence-electron chi connectivity index (χ4n) is 4.47. The maximum absolute atomic E-state index is 13.9. The number of halogens is 4. The fourth-order valence-corrected chi connectivity index (χ4v) is 4.80. The van der Waals surface area contributed by atoms with Crippen molar-refractivity contribution in [1.82, 2.24) is 9.55 Å². The van der Waals surface area contributed by atoms with E-state index in [1.165, 1.54) is 6.07 Å². The van der Waals surface area contributed by atoms with Crippen molar-refractivity contribution in [2.75, 3.05) is 0 Å². The van der Waals surface area contributed by atoms with Crippen LogP contribution >= 0.6 is 15.9 Å². The maximum Gasteiger partial charge on any atom is 0.387 e. The fraction of sp³-hybridized carbons (Fsp3) is 0.316. The summed E-state index contributed by atoms with van der Waals surface area (Å²) in [4.78, 5) is 4.65. The van der Waals surface area contributed by atoms with Crippen LogP contribution in [0.4, 0.5) is 13.2 Å². The normalized spacial score (nSPS) is 26.2. The Hall–Kier alpha value is -2.02. The number of para-hydroxylation sites is 1. The molecule has 1 saturated carbocycles. The van der Waals surface area contributed by atoms with E-state index in [9.17, 15) is 13.2 Å². The number of nitrogens with zero attached hydrogens (tertiary/aromatic N) is 2. The van der Waals surface area contributed by atoms with Gasteiger partial charge in [0.15, 0.2) is 0 Å². The smallest absolute Gasteiger partial charge is 0.387 e. The zero-order valence-electron chi connectivity index (χ0n) is 13.7. The zero-order valence-corrected chi connectivity index (χ0v) is 15.3. The molecule has 3 nitrogen and oxygen atoms in total. The summed E-state index contributed by atoms with van der Waals surface area (Å²) in [5, 5.41) is 0. The number of hydrogen-bond acceptors (Lipinski definition) is 2. The molecule has 1 aliphatic heterocycles. The van der Waals surface area contributed by atoms with Gasteiger partial charge in [-0.3, -0.25) is 0 Å². The van der Waals surface area contributed by atoms with E-state index in [1.807, 2.05) is 12.1 Å². The van der Waals surface area contributed by atoms with Crippen molar-refractivity contribution in [2.24, 2.45) is 11.8 Å². The monoisotopic (exact) mass is 422 g/mol. The van der Waals surface area contributed by atoms with E-state index in [0.717, 1.165) is 11.3 Å². The van der Waals surface area contributed by atoms with Gasteiger partial charge in [0.05, 0.1) is 21.5 Å². The standard InChI is InChI=1S/C19H14BrF3N2O/c1-8-15-16(8)18-24-12-7-11(21)10(20)6-13(12)25(18)17(15)9-4-2-3-5-14(9)26-19(22)23/h2-8,15-17,19H,1H3/t8-,15?,16?,17-/m0/s1. The maximum atomic E-state index is 13.9. The Bertz CT molecular complexity index is 1040.